The van der Waals surface area contributed by atoms with Crippen molar-refractivity contribution in [3.05, 3.63) is 0 Å². The standard InChI is InChI=1S/C6H8OS/c7-5-6(1-2-6)3-4-8-5/h1-4H2. The fourth-order valence-electron chi connectivity index (χ4n) is 1.20. The Morgan fingerprint density at radius 3 is 2.38 bits per heavy atom. The van der Waals surface area contributed by atoms with Crippen LogP contribution in [0.3, 0.4) is 0 Å². The molecule has 1 saturated carbocycles. The lowest BCUT2D eigenvalue weighted by Crippen LogP contribution is -2.02. The molecule has 0 radical (unpaired) electrons. The minimum absolute atomic E-state index is 0.227. The van der Waals surface area contributed by atoms with Crippen LogP contribution < -0.4 is 0 Å². The van der Waals surface area contributed by atoms with E-state index in [9.17, 15) is 4.79 Å². The first-order valence-electron chi connectivity index (χ1n) is 3.01. The van der Waals surface area contributed by atoms with Crippen LogP contribution in [0.15, 0.2) is 0 Å². The van der Waals surface area contributed by atoms with Crippen LogP contribution >= 0.6 is 11.8 Å². The van der Waals surface area contributed by atoms with Crippen molar-refractivity contribution in [3.63, 3.8) is 0 Å². The lowest BCUT2D eigenvalue weighted by atomic mass is 10.1. The molecule has 1 nitrogen and oxygen atoms in total. The first-order valence-corrected chi connectivity index (χ1v) is 3.99. The summed E-state index contributed by atoms with van der Waals surface area (Å²) in [6, 6.07) is 0. The molecule has 2 rings (SSSR count). The summed E-state index contributed by atoms with van der Waals surface area (Å²) in [5, 5.41) is 0.470. The molecule has 2 aliphatic rings. The molecule has 1 saturated heterocycles. The first-order chi connectivity index (χ1) is 3.83. The van der Waals surface area contributed by atoms with Gasteiger partial charge in [0.2, 0.25) is 0 Å². The van der Waals surface area contributed by atoms with E-state index in [1.807, 2.05) is 0 Å². The van der Waals surface area contributed by atoms with E-state index in [0.29, 0.717) is 5.12 Å². The van der Waals surface area contributed by atoms with Crippen LogP contribution in [-0.2, 0) is 4.79 Å². The molecule has 1 aliphatic heterocycles. The van der Waals surface area contributed by atoms with E-state index < -0.39 is 0 Å². The second kappa shape index (κ2) is 1.29. The monoisotopic (exact) mass is 128 g/mol. The molecule has 0 amide bonds. The van der Waals surface area contributed by atoms with Gasteiger partial charge >= 0.3 is 0 Å². The zero-order chi connectivity index (χ0) is 5.61. The SMILES string of the molecule is O=C1SCCC12CC2. The molecule has 1 heterocycles. The molecule has 1 spiro atoms. The van der Waals surface area contributed by atoms with Crippen molar-refractivity contribution in [2.75, 3.05) is 5.75 Å². The number of rotatable bonds is 0. The molecular formula is C6H8OS. The molecule has 1 aliphatic carbocycles. The molecule has 2 fully saturated rings. The van der Waals surface area contributed by atoms with E-state index >= 15 is 0 Å². The maximum atomic E-state index is 10.9. The molecule has 44 valence electrons. The summed E-state index contributed by atoms with van der Waals surface area (Å²) in [6.07, 6.45) is 3.52. The summed E-state index contributed by atoms with van der Waals surface area (Å²) < 4.78 is 0. The van der Waals surface area contributed by atoms with E-state index in [1.54, 1.807) is 0 Å². The van der Waals surface area contributed by atoms with Gasteiger partial charge in [-0.3, -0.25) is 4.79 Å². The van der Waals surface area contributed by atoms with Gasteiger partial charge in [0.1, 0.15) is 0 Å². The van der Waals surface area contributed by atoms with Crippen molar-refractivity contribution in [2.45, 2.75) is 19.3 Å². The van der Waals surface area contributed by atoms with Crippen molar-refractivity contribution < 1.29 is 4.79 Å². The lowest BCUT2D eigenvalue weighted by Gasteiger charge is -1.95. The first kappa shape index (κ1) is 4.86. The summed E-state index contributed by atoms with van der Waals surface area (Å²) in [5.41, 5.74) is 0.227. The quantitative estimate of drug-likeness (QED) is 0.491. The number of hydrogen-bond donors (Lipinski definition) is 0. The van der Waals surface area contributed by atoms with E-state index in [-0.39, 0.29) is 5.41 Å². The Morgan fingerprint density at radius 2 is 2.12 bits per heavy atom. The largest absolute Gasteiger partial charge is 0.287 e. The van der Waals surface area contributed by atoms with Gasteiger partial charge in [-0.1, -0.05) is 11.8 Å². The van der Waals surface area contributed by atoms with Crippen LogP contribution in [0.5, 0.6) is 0 Å². The average Bonchev–Trinajstić information content (AvgIpc) is 2.39. The van der Waals surface area contributed by atoms with Gasteiger partial charge in [0.05, 0.1) is 0 Å². The van der Waals surface area contributed by atoms with Crippen LogP contribution in [0, 0.1) is 5.41 Å². The Kier molecular flexibility index (Phi) is 0.786. The van der Waals surface area contributed by atoms with Crippen LogP contribution in [0.25, 0.3) is 0 Å². The van der Waals surface area contributed by atoms with Gasteiger partial charge in [-0.25, -0.2) is 0 Å². The number of carbonyl (C=O) groups excluding carboxylic acids is 1. The van der Waals surface area contributed by atoms with Gasteiger partial charge in [-0.2, -0.15) is 0 Å². The van der Waals surface area contributed by atoms with Crippen LogP contribution in [0.4, 0.5) is 0 Å². The normalized spacial score (nSPS) is 31.8. The van der Waals surface area contributed by atoms with E-state index in [0.717, 1.165) is 12.2 Å². The van der Waals surface area contributed by atoms with Crippen molar-refractivity contribution in [1.82, 2.24) is 0 Å². The molecule has 2 heteroatoms. The fraction of sp³-hybridized carbons (Fsp3) is 0.833. The molecule has 0 aromatic heterocycles. The second-order valence-corrected chi connectivity index (χ2v) is 3.73. The van der Waals surface area contributed by atoms with Gasteiger partial charge in [0.25, 0.3) is 0 Å². The lowest BCUT2D eigenvalue weighted by molar-refractivity contribution is -0.114. The zero-order valence-corrected chi connectivity index (χ0v) is 5.46. The van der Waals surface area contributed by atoms with Crippen LogP contribution in [-0.4, -0.2) is 10.9 Å². The van der Waals surface area contributed by atoms with Crippen molar-refractivity contribution in [2.24, 2.45) is 5.41 Å². The minimum atomic E-state index is 0.227. The highest BCUT2D eigenvalue weighted by Crippen LogP contribution is 2.56. The third-order valence-corrected chi connectivity index (χ3v) is 3.20. The maximum Gasteiger partial charge on any atom is 0.195 e. The smallest absolute Gasteiger partial charge is 0.195 e. The summed E-state index contributed by atoms with van der Waals surface area (Å²) in [4.78, 5) is 10.9. The molecule has 0 aromatic rings. The topological polar surface area (TPSA) is 17.1 Å². The fourth-order valence-corrected chi connectivity index (χ4v) is 2.49. The zero-order valence-electron chi connectivity index (χ0n) is 4.64. The van der Waals surface area contributed by atoms with E-state index in [2.05, 4.69) is 0 Å². The Hall–Kier alpha value is 0.0200. The Morgan fingerprint density at radius 1 is 1.38 bits per heavy atom. The average molecular weight is 128 g/mol. The number of hydrogen-bond acceptors (Lipinski definition) is 2. The molecule has 0 unspecified atom stereocenters. The van der Waals surface area contributed by atoms with Crippen molar-refractivity contribution >= 4 is 16.9 Å². The predicted octanol–water partition coefficient (Wildman–Crippen LogP) is 1.43. The Balaban J connectivity index is 2.23. The summed E-state index contributed by atoms with van der Waals surface area (Å²) in [6.45, 7) is 0. The summed E-state index contributed by atoms with van der Waals surface area (Å²) in [5.74, 6) is 1.08. The third kappa shape index (κ3) is 0.467. The highest BCUT2D eigenvalue weighted by atomic mass is 32.2. The molecule has 0 N–H and O–H groups in total. The molecule has 0 atom stereocenters. The molecule has 8 heavy (non-hydrogen) atoms. The number of thioether (sulfide) groups is 1. The minimum Gasteiger partial charge on any atom is -0.287 e. The van der Waals surface area contributed by atoms with E-state index in [4.69, 9.17) is 0 Å². The van der Waals surface area contributed by atoms with Gasteiger partial charge in [0, 0.05) is 11.2 Å². The molecule has 0 bridgehead atoms. The second-order valence-electron chi connectivity index (χ2n) is 2.67. The highest BCUT2D eigenvalue weighted by molar-refractivity contribution is 8.14. The van der Waals surface area contributed by atoms with E-state index in [1.165, 1.54) is 24.6 Å². The van der Waals surface area contributed by atoms with Crippen molar-refractivity contribution in [3.8, 4) is 0 Å². The highest BCUT2D eigenvalue weighted by Gasteiger charge is 2.52. The third-order valence-electron chi connectivity index (χ3n) is 2.10. The van der Waals surface area contributed by atoms with Gasteiger partial charge in [-0.15, -0.1) is 0 Å². The maximum absolute atomic E-state index is 10.9. The Labute approximate surface area is 52.8 Å². The Bertz CT molecular complexity index is 137. The van der Waals surface area contributed by atoms with Crippen molar-refractivity contribution in [1.29, 1.82) is 0 Å². The van der Waals surface area contributed by atoms with Gasteiger partial charge < -0.3 is 0 Å². The molecular weight excluding hydrogens is 120 g/mol. The summed E-state index contributed by atoms with van der Waals surface area (Å²) >= 11 is 1.53. The van der Waals surface area contributed by atoms with Gasteiger partial charge in [-0.05, 0) is 19.3 Å². The van der Waals surface area contributed by atoms with Crippen LogP contribution in [0.2, 0.25) is 0 Å². The van der Waals surface area contributed by atoms with Gasteiger partial charge in [0.15, 0.2) is 5.12 Å². The molecule has 0 aromatic carbocycles. The summed E-state index contributed by atoms with van der Waals surface area (Å²) in [7, 11) is 0. The number of carbonyl (C=O) groups is 1. The predicted molar refractivity (Wildman–Crippen MR) is 33.7 cm³/mol. The van der Waals surface area contributed by atoms with Crippen LogP contribution in [0.1, 0.15) is 19.3 Å².